The molecule has 1 aromatic carbocycles. The molecule has 2 heterocycles. The van der Waals surface area contributed by atoms with Crippen molar-refractivity contribution in [3.05, 3.63) is 29.8 Å². The zero-order chi connectivity index (χ0) is 19.4. The fraction of sp³-hybridized carbons (Fsp3) is 0.556. The number of carbonyl (C=O) groups excluding carboxylic acids is 1. The number of benzene rings is 1. The Bertz CT molecular complexity index is 787. The van der Waals surface area contributed by atoms with Crippen LogP contribution in [0, 0.1) is 0 Å². The molecule has 3 rings (SSSR count). The molecule has 27 heavy (non-hydrogen) atoms. The lowest BCUT2D eigenvalue weighted by Crippen LogP contribution is -2.35. The van der Waals surface area contributed by atoms with Crippen molar-refractivity contribution in [3.63, 3.8) is 0 Å². The summed E-state index contributed by atoms with van der Waals surface area (Å²) in [4.78, 5) is 23.2. The molecule has 0 saturated carbocycles. The van der Waals surface area contributed by atoms with Crippen LogP contribution in [0.4, 0.5) is 0 Å². The molecule has 1 amide bonds. The van der Waals surface area contributed by atoms with E-state index in [0.717, 1.165) is 24.8 Å². The van der Waals surface area contributed by atoms with E-state index in [4.69, 9.17) is 9.84 Å². The van der Waals surface area contributed by atoms with E-state index in [1.165, 1.54) is 4.31 Å². The third-order valence-electron chi connectivity index (χ3n) is 4.93. The molecule has 0 spiro atoms. The lowest BCUT2D eigenvalue weighted by atomic mass is 10.2. The van der Waals surface area contributed by atoms with Crippen LogP contribution in [0.2, 0.25) is 0 Å². The van der Waals surface area contributed by atoms with Crippen LogP contribution in [-0.2, 0) is 30.9 Å². The summed E-state index contributed by atoms with van der Waals surface area (Å²) in [6, 6.07) is 6.45. The number of carboxylic acids is 1. The Labute approximate surface area is 158 Å². The van der Waals surface area contributed by atoms with Gasteiger partial charge in [-0.05, 0) is 43.4 Å². The van der Waals surface area contributed by atoms with Gasteiger partial charge in [0.1, 0.15) is 6.10 Å². The topological polar surface area (TPSA) is 113 Å². The zero-order valence-corrected chi connectivity index (χ0v) is 15.8. The number of ether oxygens (including phenoxy) is 1. The number of carbonyl (C=O) groups is 2. The average molecular weight is 396 g/mol. The molecular formula is C18H24N2O6S. The molecule has 2 fully saturated rings. The number of piperidine rings is 1. The molecule has 0 bridgehead atoms. The SMILES string of the molecule is O=C(NCc1ccc(S(=O)(=O)N2CCCCC2)cc1)[C@@H]1CC[C@H](C(=O)O)O1. The van der Waals surface area contributed by atoms with Crippen molar-refractivity contribution in [3.8, 4) is 0 Å². The third-order valence-corrected chi connectivity index (χ3v) is 6.84. The second kappa shape index (κ2) is 8.37. The van der Waals surface area contributed by atoms with Crippen molar-refractivity contribution >= 4 is 21.9 Å². The number of rotatable bonds is 6. The predicted octanol–water partition coefficient (Wildman–Crippen LogP) is 1.11. The molecule has 2 N–H and O–H groups in total. The standard InChI is InChI=1S/C18H24N2O6S/c21-17(15-8-9-16(26-15)18(22)23)19-12-13-4-6-14(7-5-13)27(24,25)20-10-2-1-3-11-20/h4-7,15-16H,1-3,8-12H2,(H,19,21)(H,22,23)/t15-,16+/m0/s1. The van der Waals surface area contributed by atoms with Crippen molar-refractivity contribution in [2.45, 2.75) is 55.8 Å². The van der Waals surface area contributed by atoms with E-state index < -0.39 is 28.2 Å². The van der Waals surface area contributed by atoms with E-state index >= 15 is 0 Å². The minimum absolute atomic E-state index is 0.223. The molecule has 148 valence electrons. The van der Waals surface area contributed by atoms with Gasteiger partial charge < -0.3 is 15.2 Å². The number of hydrogen-bond donors (Lipinski definition) is 2. The second-order valence-corrected chi connectivity index (χ2v) is 8.79. The largest absolute Gasteiger partial charge is 0.479 e. The first-order chi connectivity index (χ1) is 12.9. The fourth-order valence-electron chi connectivity index (χ4n) is 3.35. The van der Waals surface area contributed by atoms with Crippen LogP contribution in [0.15, 0.2) is 29.2 Å². The summed E-state index contributed by atoms with van der Waals surface area (Å²) in [6.07, 6.45) is 1.82. The molecule has 0 aromatic heterocycles. The Morgan fingerprint density at radius 3 is 2.30 bits per heavy atom. The van der Waals surface area contributed by atoms with E-state index in [1.807, 2.05) is 0 Å². The van der Waals surface area contributed by atoms with Gasteiger partial charge in [-0.3, -0.25) is 4.79 Å². The predicted molar refractivity (Wildman–Crippen MR) is 96.4 cm³/mol. The summed E-state index contributed by atoms with van der Waals surface area (Å²) in [5, 5.41) is 11.6. The Hall–Kier alpha value is -1.97. The highest BCUT2D eigenvalue weighted by atomic mass is 32.2. The van der Waals surface area contributed by atoms with Gasteiger partial charge in [0.05, 0.1) is 4.90 Å². The summed E-state index contributed by atoms with van der Waals surface area (Å²) >= 11 is 0. The summed E-state index contributed by atoms with van der Waals surface area (Å²) < 4.78 is 32.0. The molecule has 2 aliphatic rings. The molecule has 8 nitrogen and oxygen atoms in total. The first kappa shape index (κ1) is 19.8. The molecule has 2 aliphatic heterocycles. The van der Waals surface area contributed by atoms with E-state index in [-0.39, 0.29) is 17.3 Å². The first-order valence-corrected chi connectivity index (χ1v) is 10.6. The van der Waals surface area contributed by atoms with Gasteiger partial charge in [-0.15, -0.1) is 0 Å². The normalized spacial score (nSPS) is 23.9. The minimum atomic E-state index is -3.47. The summed E-state index contributed by atoms with van der Waals surface area (Å²) in [7, 11) is -3.47. The number of sulfonamides is 1. The lowest BCUT2D eigenvalue weighted by molar-refractivity contribution is -0.151. The maximum Gasteiger partial charge on any atom is 0.332 e. The van der Waals surface area contributed by atoms with Crippen molar-refractivity contribution in [2.75, 3.05) is 13.1 Å². The average Bonchev–Trinajstić information content (AvgIpc) is 3.18. The monoisotopic (exact) mass is 396 g/mol. The smallest absolute Gasteiger partial charge is 0.332 e. The van der Waals surface area contributed by atoms with Crippen LogP contribution in [0.5, 0.6) is 0 Å². The Morgan fingerprint density at radius 2 is 1.70 bits per heavy atom. The second-order valence-electron chi connectivity index (χ2n) is 6.86. The van der Waals surface area contributed by atoms with E-state index in [0.29, 0.717) is 25.9 Å². The van der Waals surface area contributed by atoms with Crippen molar-refractivity contribution in [2.24, 2.45) is 0 Å². The van der Waals surface area contributed by atoms with Gasteiger partial charge in [0.25, 0.3) is 0 Å². The fourth-order valence-corrected chi connectivity index (χ4v) is 4.87. The number of amides is 1. The molecule has 2 atom stereocenters. The highest BCUT2D eigenvalue weighted by Gasteiger charge is 2.34. The number of nitrogens with zero attached hydrogens (tertiary/aromatic N) is 1. The van der Waals surface area contributed by atoms with Crippen LogP contribution in [0.1, 0.15) is 37.7 Å². The Kier molecular flexibility index (Phi) is 6.13. The molecule has 9 heteroatoms. The van der Waals surface area contributed by atoms with Crippen molar-refractivity contribution in [1.82, 2.24) is 9.62 Å². The first-order valence-electron chi connectivity index (χ1n) is 9.13. The zero-order valence-electron chi connectivity index (χ0n) is 15.0. The highest BCUT2D eigenvalue weighted by molar-refractivity contribution is 7.89. The lowest BCUT2D eigenvalue weighted by Gasteiger charge is -2.25. The van der Waals surface area contributed by atoms with Crippen molar-refractivity contribution in [1.29, 1.82) is 0 Å². The molecule has 0 radical (unpaired) electrons. The van der Waals surface area contributed by atoms with Gasteiger partial charge in [-0.2, -0.15) is 4.31 Å². The number of carboxylic acid groups (broad SMARTS) is 1. The number of aliphatic carboxylic acids is 1. The van der Waals surface area contributed by atoms with Gasteiger partial charge in [-0.25, -0.2) is 13.2 Å². The maximum absolute atomic E-state index is 12.6. The van der Waals surface area contributed by atoms with E-state index in [1.54, 1.807) is 24.3 Å². The van der Waals surface area contributed by atoms with Gasteiger partial charge in [0, 0.05) is 19.6 Å². The summed E-state index contributed by atoms with van der Waals surface area (Å²) in [5.74, 6) is -1.42. The minimum Gasteiger partial charge on any atom is -0.479 e. The summed E-state index contributed by atoms with van der Waals surface area (Å²) in [6.45, 7) is 1.33. The van der Waals surface area contributed by atoms with Gasteiger partial charge in [0.15, 0.2) is 6.10 Å². The van der Waals surface area contributed by atoms with Crippen LogP contribution >= 0.6 is 0 Å². The summed E-state index contributed by atoms with van der Waals surface area (Å²) in [5.41, 5.74) is 0.758. The van der Waals surface area contributed by atoms with E-state index in [9.17, 15) is 18.0 Å². The van der Waals surface area contributed by atoms with Gasteiger partial charge in [0.2, 0.25) is 15.9 Å². The molecular weight excluding hydrogens is 372 g/mol. The molecule has 0 aliphatic carbocycles. The third kappa shape index (κ3) is 4.66. The molecule has 2 saturated heterocycles. The van der Waals surface area contributed by atoms with Crippen LogP contribution in [0.25, 0.3) is 0 Å². The quantitative estimate of drug-likeness (QED) is 0.745. The van der Waals surface area contributed by atoms with Crippen LogP contribution in [0.3, 0.4) is 0 Å². The van der Waals surface area contributed by atoms with E-state index in [2.05, 4.69) is 5.32 Å². The van der Waals surface area contributed by atoms with Gasteiger partial charge >= 0.3 is 5.97 Å². The van der Waals surface area contributed by atoms with Crippen molar-refractivity contribution < 1.29 is 27.9 Å². The molecule has 0 unspecified atom stereocenters. The maximum atomic E-state index is 12.6. The Balaban J connectivity index is 1.55. The number of nitrogens with one attached hydrogen (secondary N) is 1. The molecule has 1 aromatic rings. The highest BCUT2D eigenvalue weighted by Crippen LogP contribution is 2.22. The number of hydrogen-bond acceptors (Lipinski definition) is 5. The Morgan fingerprint density at radius 1 is 1.07 bits per heavy atom. The van der Waals surface area contributed by atoms with Crippen LogP contribution < -0.4 is 5.32 Å². The van der Waals surface area contributed by atoms with Crippen LogP contribution in [-0.4, -0.2) is 55.0 Å². The van der Waals surface area contributed by atoms with Gasteiger partial charge in [-0.1, -0.05) is 18.6 Å².